The van der Waals surface area contributed by atoms with Crippen LogP contribution in [0.1, 0.15) is 63.5 Å². The van der Waals surface area contributed by atoms with E-state index < -0.39 is 13.1 Å². The summed E-state index contributed by atoms with van der Waals surface area (Å²) < 4.78 is 0. The number of piperidine rings is 1. The Kier molecular flexibility index (Phi) is 9.32. The fourth-order valence-electron chi connectivity index (χ4n) is 4.39. The van der Waals surface area contributed by atoms with Gasteiger partial charge in [0.05, 0.1) is 5.92 Å². The van der Waals surface area contributed by atoms with Crippen LogP contribution in [0.2, 0.25) is 6.32 Å². The van der Waals surface area contributed by atoms with E-state index in [4.69, 9.17) is 10.0 Å². The Bertz CT molecular complexity index is 546. The predicted octanol–water partition coefficient (Wildman–Crippen LogP) is 3.58. The van der Waals surface area contributed by atoms with Gasteiger partial charge < -0.3 is 15.2 Å². The largest absolute Gasteiger partial charge is 0.481 e. The van der Waals surface area contributed by atoms with Crippen molar-refractivity contribution in [3.8, 4) is 0 Å². The van der Waals surface area contributed by atoms with E-state index in [2.05, 4.69) is 36.1 Å². The maximum atomic E-state index is 11.8. The maximum Gasteiger partial charge on any atom is 0.451 e. The van der Waals surface area contributed by atoms with E-state index in [-0.39, 0.29) is 11.8 Å². The summed E-state index contributed by atoms with van der Waals surface area (Å²) in [5, 5.41) is 27.5. The van der Waals surface area contributed by atoms with E-state index in [1.54, 1.807) is 0 Å². The molecule has 1 aliphatic rings. The van der Waals surface area contributed by atoms with Crippen LogP contribution in [0.3, 0.4) is 0 Å². The number of nitrogens with zero attached hydrogens (tertiary/aromatic N) is 1. The van der Waals surface area contributed by atoms with Gasteiger partial charge in [-0.05, 0) is 56.6 Å². The first kappa shape index (κ1) is 21.9. The van der Waals surface area contributed by atoms with Gasteiger partial charge in [0, 0.05) is 6.04 Å². The summed E-state index contributed by atoms with van der Waals surface area (Å²) in [4.78, 5) is 14.3. The first-order valence-corrected chi connectivity index (χ1v) is 10.4. The number of unbranched alkanes of at least 4 members (excludes halogenated alkanes) is 1. The SMILES string of the molecule is CCCC(c1ccccc1)N1CCC(C(CCCCB(O)O)C(=O)O)CC1. The Morgan fingerprint density at radius 1 is 1.15 bits per heavy atom. The van der Waals surface area contributed by atoms with Crippen LogP contribution in [0, 0.1) is 11.8 Å². The summed E-state index contributed by atoms with van der Waals surface area (Å²) in [5.74, 6) is -0.800. The van der Waals surface area contributed by atoms with E-state index in [0.717, 1.165) is 45.2 Å². The molecule has 3 N–H and O–H groups in total. The van der Waals surface area contributed by atoms with Crippen molar-refractivity contribution < 1.29 is 19.9 Å². The third-order valence-corrected chi connectivity index (χ3v) is 5.88. The van der Waals surface area contributed by atoms with E-state index in [0.29, 0.717) is 25.2 Å². The highest BCUT2D eigenvalue weighted by Crippen LogP contribution is 2.34. The molecule has 1 aromatic rings. The molecule has 2 rings (SSSR count). The average molecular weight is 375 g/mol. The Morgan fingerprint density at radius 3 is 2.37 bits per heavy atom. The number of rotatable bonds is 11. The molecule has 27 heavy (non-hydrogen) atoms. The van der Waals surface area contributed by atoms with Crippen LogP contribution in [-0.4, -0.2) is 46.2 Å². The van der Waals surface area contributed by atoms with Crippen LogP contribution in [0.5, 0.6) is 0 Å². The number of hydrogen-bond acceptors (Lipinski definition) is 4. The molecule has 1 fully saturated rings. The second-order valence-corrected chi connectivity index (χ2v) is 7.80. The van der Waals surface area contributed by atoms with Crippen molar-refractivity contribution in [2.75, 3.05) is 13.1 Å². The van der Waals surface area contributed by atoms with Crippen molar-refractivity contribution >= 4 is 13.1 Å². The molecule has 0 bridgehead atoms. The Labute approximate surface area is 163 Å². The minimum absolute atomic E-state index is 0.218. The fraction of sp³-hybridized carbons (Fsp3) is 0.667. The summed E-state index contributed by atoms with van der Waals surface area (Å²) in [6, 6.07) is 11.0. The van der Waals surface area contributed by atoms with Gasteiger partial charge in [-0.25, -0.2) is 0 Å². The number of carbonyl (C=O) groups is 1. The number of carboxylic acids is 1. The van der Waals surface area contributed by atoms with Crippen LogP contribution in [0.4, 0.5) is 0 Å². The zero-order valence-corrected chi connectivity index (χ0v) is 16.5. The van der Waals surface area contributed by atoms with Crippen LogP contribution < -0.4 is 0 Å². The highest BCUT2D eigenvalue weighted by atomic mass is 16.4. The lowest BCUT2D eigenvalue weighted by molar-refractivity contribution is -0.144. The van der Waals surface area contributed by atoms with Crippen molar-refractivity contribution in [3.05, 3.63) is 35.9 Å². The van der Waals surface area contributed by atoms with Crippen molar-refractivity contribution in [1.82, 2.24) is 4.90 Å². The molecule has 0 amide bonds. The Balaban J connectivity index is 1.90. The molecular formula is C21H34BNO4. The lowest BCUT2D eigenvalue weighted by Gasteiger charge is -2.39. The summed E-state index contributed by atoms with van der Waals surface area (Å²) in [6.07, 6.45) is 6.45. The fourth-order valence-corrected chi connectivity index (χ4v) is 4.39. The normalized spacial score (nSPS) is 18.2. The monoisotopic (exact) mass is 375 g/mol. The molecule has 0 radical (unpaired) electrons. The molecule has 0 aromatic heterocycles. The Morgan fingerprint density at radius 2 is 1.81 bits per heavy atom. The average Bonchev–Trinajstić information content (AvgIpc) is 2.66. The van der Waals surface area contributed by atoms with Gasteiger partial charge in [0.1, 0.15) is 0 Å². The maximum absolute atomic E-state index is 11.8. The molecule has 0 spiro atoms. The van der Waals surface area contributed by atoms with Gasteiger partial charge in [0.2, 0.25) is 0 Å². The first-order chi connectivity index (χ1) is 13.0. The quantitative estimate of drug-likeness (QED) is 0.407. The van der Waals surface area contributed by atoms with Crippen molar-refractivity contribution in [1.29, 1.82) is 0 Å². The van der Waals surface area contributed by atoms with Gasteiger partial charge in [-0.15, -0.1) is 0 Å². The first-order valence-electron chi connectivity index (χ1n) is 10.4. The minimum Gasteiger partial charge on any atom is -0.481 e. The zero-order valence-electron chi connectivity index (χ0n) is 16.5. The summed E-state index contributed by atoms with van der Waals surface area (Å²) in [7, 11) is -1.29. The van der Waals surface area contributed by atoms with Crippen LogP contribution in [-0.2, 0) is 4.79 Å². The highest BCUT2D eigenvalue weighted by Gasteiger charge is 2.33. The van der Waals surface area contributed by atoms with Crippen LogP contribution in [0.15, 0.2) is 30.3 Å². The smallest absolute Gasteiger partial charge is 0.451 e. The van der Waals surface area contributed by atoms with E-state index in [9.17, 15) is 9.90 Å². The van der Waals surface area contributed by atoms with Gasteiger partial charge in [-0.2, -0.15) is 0 Å². The molecule has 1 heterocycles. The third kappa shape index (κ3) is 6.94. The molecule has 2 atom stereocenters. The van der Waals surface area contributed by atoms with Gasteiger partial charge in [0.15, 0.2) is 0 Å². The number of aliphatic carboxylic acids is 1. The van der Waals surface area contributed by atoms with Crippen molar-refractivity contribution in [3.63, 3.8) is 0 Å². The van der Waals surface area contributed by atoms with Crippen LogP contribution >= 0.6 is 0 Å². The standard InChI is InChI=1S/C21H34BNO4/c1-2-8-20(18-9-4-3-5-10-18)23-15-12-17(13-16-23)19(21(24)25)11-6-7-14-22(26)27/h3-5,9-10,17,19-20,26-27H,2,6-8,11-16H2,1H3,(H,24,25). The van der Waals surface area contributed by atoms with Gasteiger partial charge in [0.25, 0.3) is 0 Å². The Hall–Kier alpha value is -1.37. The van der Waals surface area contributed by atoms with Gasteiger partial charge in [-0.3, -0.25) is 9.69 Å². The van der Waals surface area contributed by atoms with E-state index in [1.165, 1.54) is 5.56 Å². The molecule has 0 saturated carbocycles. The lowest BCUT2D eigenvalue weighted by Crippen LogP contribution is -2.40. The molecule has 0 aliphatic carbocycles. The molecule has 5 nitrogen and oxygen atoms in total. The number of likely N-dealkylation sites (tertiary alicyclic amines) is 1. The number of hydrogen-bond donors (Lipinski definition) is 3. The second-order valence-electron chi connectivity index (χ2n) is 7.80. The molecule has 1 aromatic carbocycles. The lowest BCUT2D eigenvalue weighted by atomic mass is 9.78. The molecule has 150 valence electrons. The second kappa shape index (κ2) is 11.5. The molecule has 2 unspecified atom stereocenters. The topological polar surface area (TPSA) is 81.0 Å². The third-order valence-electron chi connectivity index (χ3n) is 5.88. The number of carboxylic acid groups (broad SMARTS) is 1. The zero-order chi connectivity index (χ0) is 19.6. The van der Waals surface area contributed by atoms with E-state index in [1.807, 2.05) is 6.07 Å². The van der Waals surface area contributed by atoms with Gasteiger partial charge in [-0.1, -0.05) is 56.5 Å². The van der Waals surface area contributed by atoms with E-state index >= 15 is 0 Å². The van der Waals surface area contributed by atoms with Crippen molar-refractivity contribution in [2.45, 2.75) is 64.2 Å². The molecule has 1 aliphatic heterocycles. The van der Waals surface area contributed by atoms with Gasteiger partial charge >= 0.3 is 13.1 Å². The highest BCUT2D eigenvalue weighted by molar-refractivity contribution is 6.40. The molecule has 6 heteroatoms. The molecular weight excluding hydrogens is 341 g/mol. The summed E-state index contributed by atoms with van der Waals surface area (Å²) >= 11 is 0. The predicted molar refractivity (Wildman–Crippen MR) is 108 cm³/mol. The summed E-state index contributed by atoms with van der Waals surface area (Å²) in [6.45, 7) is 4.11. The molecule has 1 saturated heterocycles. The van der Waals surface area contributed by atoms with Crippen molar-refractivity contribution in [2.24, 2.45) is 11.8 Å². The minimum atomic E-state index is -1.29. The summed E-state index contributed by atoms with van der Waals surface area (Å²) in [5.41, 5.74) is 1.36. The number of benzene rings is 1. The van der Waals surface area contributed by atoms with Crippen LogP contribution in [0.25, 0.3) is 0 Å².